The van der Waals surface area contributed by atoms with E-state index in [4.69, 9.17) is 5.73 Å². The van der Waals surface area contributed by atoms with E-state index in [1.807, 2.05) is 0 Å². The van der Waals surface area contributed by atoms with Gasteiger partial charge in [0.15, 0.2) is 5.82 Å². The minimum atomic E-state index is -1.12. The van der Waals surface area contributed by atoms with Gasteiger partial charge in [-0.1, -0.05) is 0 Å². The molecule has 0 aliphatic rings. The zero-order chi connectivity index (χ0) is 16.4. The van der Waals surface area contributed by atoms with Gasteiger partial charge in [-0.3, -0.25) is 9.59 Å². The normalized spacial score (nSPS) is 11.1. The molecule has 0 saturated heterocycles. The van der Waals surface area contributed by atoms with Crippen molar-refractivity contribution in [3.8, 4) is 0 Å². The van der Waals surface area contributed by atoms with Crippen LogP contribution in [0.4, 0.5) is 14.5 Å². The number of anilines is 1. The molecule has 1 aromatic carbocycles. The van der Waals surface area contributed by atoms with Crippen molar-refractivity contribution < 1.29 is 18.4 Å². The second-order valence-corrected chi connectivity index (χ2v) is 5.78. The molecule has 21 heavy (non-hydrogen) atoms. The predicted molar refractivity (Wildman–Crippen MR) is 75.6 cm³/mol. The second kappa shape index (κ2) is 6.07. The Hall–Kier alpha value is -2.18. The third-order valence-electron chi connectivity index (χ3n) is 2.58. The van der Waals surface area contributed by atoms with Crippen LogP contribution in [0.25, 0.3) is 0 Å². The van der Waals surface area contributed by atoms with Crippen molar-refractivity contribution in [1.82, 2.24) is 10.2 Å². The number of carbonyl (C=O) groups is 2. The molecule has 0 fully saturated rings. The summed E-state index contributed by atoms with van der Waals surface area (Å²) in [7, 11) is 1.28. The lowest BCUT2D eigenvalue weighted by atomic mass is 10.1. The van der Waals surface area contributed by atoms with E-state index in [9.17, 15) is 18.4 Å². The van der Waals surface area contributed by atoms with Crippen LogP contribution in [0.1, 0.15) is 31.1 Å². The van der Waals surface area contributed by atoms with E-state index in [0.29, 0.717) is 0 Å². The molecule has 0 aliphatic heterocycles. The van der Waals surface area contributed by atoms with Crippen molar-refractivity contribution in [1.29, 1.82) is 0 Å². The molecule has 3 N–H and O–H groups in total. The summed E-state index contributed by atoms with van der Waals surface area (Å²) in [6, 6.07) is 1.95. The first-order valence-electron chi connectivity index (χ1n) is 6.33. The summed E-state index contributed by atoms with van der Waals surface area (Å²) < 4.78 is 27.4. The van der Waals surface area contributed by atoms with E-state index in [2.05, 4.69) is 5.32 Å². The Balaban J connectivity index is 2.90. The average molecular weight is 299 g/mol. The lowest BCUT2D eigenvalue weighted by Crippen LogP contribution is -2.46. The number of hydrogen-bond donors (Lipinski definition) is 2. The second-order valence-electron chi connectivity index (χ2n) is 5.78. The third kappa shape index (κ3) is 4.40. The Morgan fingerprint density at radius 2 is 1.86 bits per heavy atom. The van der Waals surface area contributed by atoms with Crippen molar-refractivity contribution in [3.63, 3.8) is 0 Å². The average Bonchev–Trinajstić information content (AvgIpc) is 2.31. The smallest absolute Gasteiger partial charge is 0.260 e. The van der Waals surface area contributed by atoms with Crippen molar-refractivity contribution in [2.24, 2.45) is 0 Å². The molecular weight excluding hydrogens is 280 g/mol. The largest absolute Gasteiger partial charge is 0.396 e. The molecule has 0 bridgehead atoms. The molecule has 0 unspecified atom stereocenters. The number of carbonyl (C=O) groups excluding carboxylic acids is 2. The van der Waals surface area contributed by atoms with Crippen molar-refractivity contribution in [3.05, 3.63) is 29.3 Å². The molecule has 2 amide bonds. The van der Waals surface area contributed by atoms with E-state index >= 15 is 0 Å². The van der Waals surface area contributed by atoms with E-state index in [-0.39, 0.29) is 12.2 Å². The van der Waals surface area contributed by atoms with Crippen molar-refractivity contribution in [2.45, 2.75) is 26.3 Å². The molecule has 0 heterocycles. The molecule has 0 aliphatic carbocycles. The van der Waals surface area contributed by atoms with Gasteiger partial charge in [0, 0.05) is 12.6 Å². The minimum absolute atomic E-state index is 0.316. The van der Waals surface area contributed by atoms with Crippen LogP contribution in [0.15, 0.2) is 12.1 Å². The van der Waals surface area contributed by atoms with Gasteiger partial charge in [0.1, 0.15) is 11.4 Å². The van der Waals surface area contributed by atoms with Gasteiger partial charge in [-0.15, -0.1) is 0 Å². The number of likely N-dealkylation sites (N-methyl/N-ethyl adjacent to an activating group) is 1. The Morgan fingerprint density at radius 3 is 2.38 bits per heavy atom. The van der Waals surface area contributed by atoms with E-state index in [0.717, 1.165) is 17.0 Å². The number of rotatable bonds is 3. The summed E-state index contributed by atoms with van der Waals surface area (Å²) in [5.41, 5.74) is 3.77. The summed E-state index contributed by atoms with van der Waals surface area (Å²) in [5.74, 6) is -3.51. The highest BCUT2D eigenvalue weighted by Crippen LogP contribution is 2.19. The highest BCUT2D eigenvalue weighted by molar-refractivity contribution is 5.97. The van der Waals surface area contributed by atoms with Crippen molar-refractivity contribution >= 4 is 17.5 Å². The van der Waals surface area contributed by atoms with Crippen LogP contribution in [0.5, 0.6) is 0 Å². The van der Waals surface area contributed by atoms with Gasteiger partial charge in [-0.2, -0.15) is 0 Å². The van der Waals surface area contributed by atoms with Crippen LogP contribution in [0.3, 0.4) is 0 Å². The molecule has 1 rings (SSSR count). The van der Waals surface area contributed by atoms with Gasteiger partial charge < -0.3 is 16.0 Å². The van der Waals surface area contributed by atoms with Crippen LogP contribution < -0.4 is 11.1 Å². The molecule has 0 spiro atoms. The molecular formula is C14H19F2N3O2. The molecule has 0 saturated carbocycles. The Kier molecular flexibility index (Phi) is 4.88. The summed E-state index contributed by atoms with van der Waals surface area (Å²) in [6.07, 6.45) is 0. The number of nitrogen functional groups attached to an aromatic ring is 1. The number of halogens is 2. The van der Waals surface area contributed by atoms with Gasteiger partial charge in [0.05, 0.1) is 12.2 Å². The highest BCUT2D eigenvalue weighted by atomic mass is 19.1. The van der Waals surface area contributed by atoms with Gasteiger partial charge in [-0.05, 0) is 32.9 Å². The number of amides is 2. The maximum absolute atomic E-state index is 13.8. The van der Waals surface area contributed by atoms with Crippen LogP contribution in [-0.4, -0.2) is 35.8 Å². The minimum Gasteiger partial charge on any atom is -0.396 e. The van der Waals surface area contributed by atoms with Gasteiger partial charge in [0.25, 0.3) is 5.91 Å². The topological polar surface area (TPSA) is 75.4 Å². The zero-order valence-electron chi connectivity index (χ0n) is 12.5. The quantitative estimate of drug-likeness (QED) is 0.831. The Morgan fingerprint density at radius 1 is 1.29 bits per heavy atom. The Labute approximate surface area is 122 Å². The number of nitrogens with zero attached hydrogens (tertiary/aromatic N) is 1. The van der Waals surface area contributed by atoms with Crippen LogP contribution >= 0.6 is 0 Å². The molecule has 0 radical (unpaired) electrons. The summed E-state index contributed by atoms with van der Waals surface area (Å²) >= 11 is 0. The molecule has 7 heteroatoms. The number of hydrogen-bond acceptors (Lipinski definition) is 3. The number of nitrogens with two attached hydrogens (primary N) is 1. The van der Waals surface area contributed by atoms with E-state index < -0.39 is 34.6 Å². The maximum atomic E-state index is 13.8. The summed E-state index contributed by atoms with van der Waals surface area (Å²) in [4.78, 5) is 24.7. The maximum Gasteiger partial charge on any atom is 0.260 e. The molecule has 5 nitrogen and oxygen atoms in total. The first kappa shape index (κ1) is 16.9. The highest BCUT2D eigenvalue weighted by Gasteiger charge is 2.24. The number of benzene rings is 1. The van der Waals surface area contributed by atoms with Crippen LogP contribution in [0.2, 0.25) is 0 Å². The fraction of sp³-hybridized carbons (Fsp3) is 0.429. The first-order chi connectivity index (χ1) is 9.53. The lowest BCUT2D eigenvalue weighted by molar-refractivity contribution is -0.122. The summed E-state index contributed by atoms with van der Waals surface area (Å²) in [5, 5.41) is 2.65. The van der Waals surface area contributed by atoms with E-state index in [1.165, 1.54) is 7.05 Å². The zero-order valence-corrected chi connectivity index (χ0v) is 12.5. The van der Waals surface area contributed by atoms with Crippen LogP contribution in [0, 0.1) is 11.6 Å². The fourth-order valence-corrected chi connectivity index (χ4v) is 1.70. The fourth-order valence-electron chi connectivity index (χ4n) is 1.70. The van der Waals surface area contributed by atoms with Gasteiger partial charge >= 0.3 is 0 Å². The SMILES string of the molecule is CN(CC(=O)NC(C)(C)C)C(=O)c1c(F)ccc(N)c1F. The predicted octanol–water partition coefficient (Wildman–Crippen LogP) is 1.53. The lowest BCUT2D eigenvalue weighted by Gasteiger charge is -2.23. The molecule has 1 aromatic rings. The monoisotopic (exact) mass is 299 g/mol. The van der Waals surface area contributed by atoms with Gasteiger partial charge in [0.2, 0.25) is 5.91 Å². The Bertz CT molecular complexity index is 568. The number of nitrogens with one attached hydrogen (secondary N) is 1. The van der Waals surface area contributed by atoms with Gasteiger partial charge in [-0.25, -0.2) is 8.78 Å². The van der Waals surface area contributed by atoms with E-state index in [1.54, 1.807) is 20.8 Å². The molecule has 0 aromatic heterocycles. The third-order valence-corrected chi connectivity index (χ3v) is 2.58. The first-order valence-corrected chi connectivity index (χ1v) is 6.33. The van der Waals surface area contributed by atoms with Crippen LogP contribution in [-0.2, 0) is 4.79 Å². The molecule has 116 valence electrons. The standard InChI is InChI=1S/C14H19F2N3O2/c1-14(2,3)18-10(20)7-19(4)13(21)11-8(15)5-6-9(17)12(11)16/h5-6H,7,17H2,1-4H3,(H,18,20). The van der Waals surface area contributed by atoms with Crippen molar-refractivity contribution in [2.75, 3.05) is 19.3 Å². The molecule has 0 atom stereocenters. The summed E-state index contributed by atoms with van der Waals surface area (Å²) in [6.45, 7) is 5.03.